The third-order valence-electron chi connectivity index (χ3n) is 6.36. The number of hydrogen-bond acceptors (Lipinski definition) is 4. The summed E-state index contributed by atoms with van der Waals surface area (Å²) in [6, 6.07) is 19.4. The van der Waals surface area contributed by atoms with E-state index in [1.165, 1.54) is 16.8 Å². The molecule has 5 nitrogen and oxygen atoms in total. The van der Waals surface area contributed by atoms with E-state index in [0.29, 0.717) is 0 Å². The van der Waals surface area contributed by atoms with Crippen molar-refractivity contribution < 1.29 is 0 Å². The highest BCUT2D eigenvalue weighted by Crippen LogP contribution is 2.30. The Morgan fingerprint density at radius 2 is 1.69 bits per heavy atom. The zero-order chi connectivity index (χ0) is 22.1. The first-order valence-corrected chi connectivity index (χ1v) is 11.4. The van der Waals surface area contributed by atoms with E-state index in [4.69, 9.17) is 4.98 Å². The van der Waals surface area contributed by atoms with Gasteiger partial charge in [0.1, 0.15) is 11.3 Å². The summed E-state index contributed by atoms with van der Waals surface area (Å²) >= 11 is 0. The fraction of sp³-hybridized carbons (Fsp3) is 0.333. The molecule has 1 aliphatic heterocycles. The third kappa shape index (κ3) is 4.26. The number of anilines is 1. The van der Waals surface area contributed by atoms with Crippen LogP contribution in [0.25, 0.3) is 22.4 Å². The monoisotopic (exact) mass is 425 g/mol. The maximum Gasteiger partial charge on any atom is 0.138 e. The minimum atomic E-state index is 0.152. The summed E-state index contributed by atoms with van der Waals surface area (Å²) in [6.45, 7) is 11.8. The Kier molecular flexibility index (Phi) is 5.43. The lowest BCUT2D eigenvalue weighted by Crippen LogP contribution is -2.46. The molecule has 0 radical (unpaired) electrons. The predicted molar refractivity (Wildman–Crippen MR) is 132 cm³/mol. The van der Waals surface area contributed by atoms with Crippen LogP contribution >= 0.6 is 0 Å². The van der Waals surface area contributed by atoms with Crippen molar-refractivity contribution in [2.45, 2.75) is 32.7 Å². The Morgan fingerprint density at radius 1 is 0.906 bits per heavy atom. The second kappa shape index (κ2) is 8.40. The lowest BCUT2D eigenvalue weighted by molar-refractivity contribution is 0.250. The van der Waals surface area contributed by atoms with Crippen LogP contribution in [0.1, 0.15) is 31.9 Å². The second-order valence-electron chi connectivity index (χ2n) is 9.71. The van der Waals surface area contributed by atoms with Crippen LogP contribution in [0.4, 0.5) is 5.69 Å². The molecular formula is C27H31N5. The molecule has 0 atom stereocenters. The summed E-state index contributed by atoms with van der Waals surface area (Å²) in [5.74, 6) is 0.933. The maximum absolute atomic E-state index is 5.02. The molecule has 5 heteroatoms. The molecule has 1 saturated heterocycles. The molecule has 5 rings (SSSR count). The van der Waals surface area contributed by atoms with E-state index in [0.717, 1.165) is 55.1 Å². The molecule has 0 aliphatic carbocycles. The fourth-order valence-electron chi connectivity index (χ4n) is 4.43. The van der Waals surface area contributed by atoms with Crippen molar-refractivity contribution in [2.24, 2.45) is 0 Å². The average molecular weight is 426 g/mol. The van der Waals surface area contributed by atoms with Crippen molar-refractivity contribution in [1.82, 2.24) is 19.9 Å². The van der Waals surface area contributed by atoms with Gasteiger partial charge in [-0.3, -0.25) is 9.88 Å². The molecule has 32 heavy (non-hydrogen) atoms. The van der Waals surface area contributed by atoms with Crippen LogP contribution in [-0.4, -0.2) is 46.0 Å². The number of nitrogens with zero attached hydrogens (tertiary/aromatic N) is 4. The number of piperazine rings is 1. The number of H-pyrrole nitrogens is 1. The van der Waals surface area contributed by atoms with Crippen LogP contribution in [0.5, 0.6) is 0 Å². The van der Waals surface area contributed by atoms with Gasteiger partial charge in [0, 0.05) is 50.7 Å². The Morgan fingerprint density at radius 3 is 2.38 bits per heavy atom. The molecular weight excluding hydrogens is 394 g/mol. The van der Waals surface area contributed by atoms with Crippen molar-refractivity contribution in [3.63, 3.8) is 0 Å². The Bertz CT molecular complexity index is 1180. The number of pyridine rings is 1. The quantitative estimate of drug-likeness (QED) is 0.485. The van der Waals surface area contributed by atoms with Gasteiger partial charge in [-0.2, -0.15) is 0 Å². The van der Waals surface area contributed by atoms with Crippen molar-refractivity contribution >= 4 is 16.7 Å². The highest BCUT2D eigenvalue weighted by Gasteiger charge is 2.20. The molecule has 0 spiro atoms. The Labute approximate surface area is 190 Å². The van der Waals surface area contributed by atoms with Gasteiger partial charge >= 0.3 is 0 Å². The van der Waals surface area contributed by atoms with E-state index in [-0.39, 0.29) is 5.41 Å². The van der Waals surface area contributed by atoms with Crippen molar-refractivity contribution in [2.75, 3.05) is 31.1 Å². The van der Waals surface area contributed by atoms with Crippen LogP contribution in [0.3, 0.4) is 0 Å². The van der Waals surface area contributed by atoms with Gasteiger partial charge in [-0.05, 0) is 34.7 Å². The van der Waals surface area contributed by atoms with Crippen molar-refractivity contribution in [3.05, 3.63) is 78.1 Å². The first kappa shape index (κ1) is 20.7. The number of rotatable bonds is 4. The lowest BCUT2D eigenvalue weighted by atomic mass is 9.87. The zero-order valence-corrected chi connectivity index (χ0v) is 19.2. The molecule has 0 unspecified atom stereocenters. The van der Waals surface area contributed by atoms with Crippen LogP contribution in [0.2, 0.25) is 0 Å². The van der Waals surface area contributed by atoms with E-state index in [1.807, 2.05) is 18.5 Å². The van der Waals surface area contributed by atoms with Crippen molar-refractivity contribution in [1.29, 1.82) is 0 Å². The molecule has 1 aliphatic rings. The summed E-state index contributed by atoms with van der Waals surface area (Å²) in [7, 11) is 0. The van der Waals surface area contributed by atoms with Gasteiger partial charge in [0.05, 0.1) is 11.2 Å². The van der Waals surface area contributed by atoms with Crippen LogP contribution in [0, 0.1) is 0 Å². The molecule has 2 aromatic carbocycles. The summed E-state index contributed by atoms with van der Waals surface area (Å²) in [4.78, 5) is 17.8. The first-order valence-electron chi connectivity index (χ1n) is 11.4. The number of aromatic amines is 1. The van der Waals surface area contributed by atoms with E-state index in [2.05, 4.69) is 89.1 Å². The summed E-state index contributed by atoms with van der Waals surface area (Å²) in [5, 5.41) is 0. The predicted octanol–water partition coefficient (Wildman–Crippen LogP) is 5.24. The third-order valence-corrected chi connectivity index (χ3v) is 6.36. The Hall–Kier alpha value is -3.18. The number of aromatic nitrogens is 3. The van der Waals surface area contributed by atoms with Crippen LogP contribution in [-0.2, 0) is 12.0 Å². The SMILES string of the molecule is CC(C)(C)c1ccc(-c2nc3c(N4CCN(Cc5cccnc5)CC4)cccc3[nH]2)cc1. The topological polar surface area (TPSA) is 48.1 Å². The number of fused-ring (bicyclic) bond motifs is 1. The lowest BCUT2D eigenvalue weighted by Gasteiger charge is -2.36. The molecule has 1 fully saturated rings. The van der Waals surface area contributed by atoms with E-state index < -0.39 is 0 Å². The molecule has 1 N–H and O–H groups in total. The summed E-state index contributed by atoms with van der Waals surface area (Å²) in [6.07, 6.45) is 3.80. The minimum Gasteiger partial charge on any atom is -0.367 e. The number of hydrogen-bond donors (Lipinski definition) is 1. The van der Waals surface area contributed by atoms with Crippen LogP contribution < -0.4 is 4.90 Å². The van der Waals surface area contributed by atoms with Gasteiger partial charge in [0.15, 0.2) is 0 Å². The van der Waals surface area contributed by atoms with Gasteiger partial charge in [-0.25, -0.2) is 4.98 Å². The first-order chi connectivity index (χ1) is 15.5. The number of nitrogens with one attached hydrogen (secondary N) is 1. The zero-order valence-electron chi connectivity index (χ0n) is 19.2. The Balaban J connectivity index is 1.34. The molecule has 2 aromatic heterocycles. The average Bonchev–Trinajstić information content (AvgIpc) is 3.24. The standard InChI is InChI=1S/C27H31N5/c1-27(2,3)22-11-9-21(10-12-22)26-29-23-7-4-8-24(25(23)30-26)32-16-14-31(15-17-32)19-20-6-5-13-28-18-20/h4-13,18H,14-17,19H2,1-3H3,(H,29,30). The van der Waals surface area contributed by atoms with Crippen molar-refractivity contribution in [3.8, 4) is 11.4 Å². The minimum absolute atomic E-state index is 0.152. The van der Waals surface area contributed by atoms with Gasteiger partial charge in [0.2, 0.25) is 0 Å². The van der Waals surface area contributed by atoms with E-state index in [1.54, 1.807) is 0 Å². The van der Waals surface area contributed by atoms with E-state index >= 15 is 0 Å². The van der Waals surface area contributed by atoms with Gasteiger partial charge in [-0.15, -0.1) is 0 Å². The fourth-order valence-corrected chi connectivity index (χ4v) is 4.43. The molecule has 3 heterocycles. The number of benzene rings is 2. The molecule has 0 saturated carbocycles. The molecule has 0 bridgehead atoms. The van der Waals surface area contributed by atoms with Crippen LogP contribution in [0.15, 0.2) is 67.0 Å². The number of para-hydroxylation sites is 1. The maximum atomic E-state index is 5.02. The summed E-state index contributed by atoms with van der Waals surface area (Å²) in [5.41, 5.74) is 7.26. The smallest absolute Gasteiger partial charge is 0.138 e. The van der Waals surface area contributed by atoms with E-state index in [9.17, 15) is 0 Å². The second-order valence-corrected chi connectivity index (χ2v) is 9.71. The van der Waals surface area contributed by atoms with Gasteiger partial charge in [-0.1, -0.05) is 57.2 Å². The number of imidazole rings is 1. The van der Waals surface area contributed by atoms with Gasteiger partial charge < -0.3 is 9.88 Å². The molecule has 164 valence electrons. The molecule has 0 amide bonds. The largest absolute Gasteiger partial charge is 0.367 e. The summed E-state index contributed by atoms with van der Waals surface area (Å²) < 4.78 is 0. The van der Waals surface area contributed by atoms with Gasteiger partial charge in [0.25, 0.3) is 0 Å². The normalized spacial score (nSPS) is 15.4. The molecule has 4 aromatic rings. The highest BCUT2D eigenvalue weighted by molar-refractivity contribution is 5.91. The highest BCUT2D eigenvalue weighted by atomic mass is 15.3.